The maximum Gasteiger partial charge on any atom is 0.248 e. The van der Waals surface area contributed by atoms with Crippen LogP contribution in [0.4, 0.5) is 14.6 Å². The van der Waals surface area contributed by atoms with Gasteiger partial charge in [-0.3, -0.25) is 4.79 Å². The molecule has 3 N–H and O–H groups in total. The molecule has 0 spiro atoms. The minimum Gasteiger partial charge on any atom is -0.368 e. The Labute approximate surface area is 161 Å². The number of rotatable bonds is 6. The third-order valence-electron chi connectivity index (χ3n) is 4.53. The maximum absolute atomic E-state index is 14.1. The van der Waals surface area contributed by atoms with E-state index in [1.165, 1.54) is 30.3 Å². The fourth-order valence-corrected chi connectivity index (χ4v) is 2.76. The monoisotopic (exact) mass is 382 g/mol. The summed E-state index contributed by atoms with van der Waals surface area (Å²) in [5, 5.41) is 11.3. The number of primary amides is 1. The zero-order valence-electron chi connectivity index (χ0n) is 15.5. The highest BCUT2D eigenvalue weighted by Crippen LogP contribution is 2.25. The zero-order valence-corrected chi connectivity index (χ0v) is 15.5. The Morgan fingerprint density at radius 3 is 2.36 bits per heavy atom. The van der Waals surface area contributed by atoms with Gasteiger partial charge < -0.3 is 11.1 Å². The van der Waals surface area contributed by atoms with E-state index < -0.39 is 11.7 Å². The van der Waals surface area contributed by atoms with Gasteiger partial charge in [-0.2, -0.15) is 0 Å². The summed E-state index contributed by atoms with van der Waals surface area (Å²) < 4.78 is 27.2. The van der Waals surface area contributed by atoms with Crippen molar-refractivity contribution >= 4 is 11.7 Å². The van der Waals surface area contributed by atoms with Crippen molar-refractivity contribution in [3.05, 3.63) is 77.4 Å². The molecule has 1 aromatic heterocycles. The molecule has 0 fully saturated rings. The zero-order chi connectivity index (χ0) is 20.3. The number of halogens is 2. The van der Waals surface area contributed by atoms with Crippen molar-refractivity contribution in [1.29, 1.82) is 0 Å². The predicted molar refractivity (Wildman–Crippen MR) is 104 cm³/mol. The number of carbonyl (C=O) groups is 1. The molecule has 0 aliphatic carbocycles. The lowest BCUT2D eigenvalue weighted by Crippen LogP contribution is -2.28. The van der Waals surface area contributed by atoms with Crippen molar-refractivity contribution in [2.45, 2.75) is 19.3 Å². The van der Waals surface area contributed by atoms with E-state index in [0.29, 0.717) is 18.1 Å². The molecule has 28 heavy (non-hydrogen) atoms. The van der Waals surface area contributed by atoms with Crippen LogP contribution in [-0.2, 0) is 5.41 Å². The molecule has 3 aromatic rings. The summed E-state index contributed by atoms with van der Waals surface area (Å²) in [6.45, 7) is 4.59. The lowest BCUT2D eigenvalue weighted by molar-refractivity contribution is 0.100. The van der Waals surface area contributed by atoms with Crippen LogP contribution in [0.2, 0.25) is 0 Å². The molecule has 3 rings (SSSR count). The Morgan fingerprint density at radius 1 is 1.04 bits per heavy atom. The smallest absolute Gasteiger partial charge is 0.248 e. The minimum absolute atomic E-state index is 0.155. The Bertz CT molecular complexity index is 986. The number of amides is 1. The summed E-state index contributed by atoms with van der Waals surface area (Å²) in [6.07, 6.45) is 0. The number of anilines is 1. The molecule has 0 unspecified atom stereocenters. The first-order valence-corrected chi connectivity index (χ1v) is 8.70. The lowest BCUT2D eigenvalue weighted by atomic mass is 9.84. The number of nitrogens with one attached hydrogen (secondary N) is 1. The Balaban J connectivity index is 1.74. The van der Waals surface area contributed by atoms with E-state index in [1.54, 1.807) is 24.3 Å². The van der Waals surface area contributed by atoms with Gasteiger partial charge in [0.15, 0.2) is 0 Å². The fraction of sp³-hybridized carbons (Fsp3) is 0.190. The number of aromatic nitrogens is 2. The van der Waals surface area contributed by atoms with Crippen molar-refractivity contribution < 1.29 is 13.6 Å². The van der Waals surface area contributed by atoms with E-state index in [9.17, 15) is 13.6 Å². The molecule has 0 atom stereocenters. The van der Waals surface area contributed by atoms with Gasteiger partial charge in [-0.1, -0.05) is 26.0 Å². The second-order valence-electron chi connectivity index (χ2n) is 7.11. The molecule has 1 heterocycles. The second kappa shape index (κ2) is 7.72. The number of benzene rings is 2. The highest BCUT2D eigenvalue weighted by atomic mass is 19.1. The van der Waals surface area contributed by atoms with Gasteiger partial charge in [0, 0.05) is 23.1 Å². The SMILES string of the molecule is CC(C)(CNc1ccc(-c2cc(C(N)=O)ccc2F)nn1)c1ccc(F)cc1. The number of carbonyl (C=O) groups excluding carboxylic acids is 1. The number of hydrogen-bond donors (Lipinski definition) is 2. The number of nitrogens with two attached hydrogens (primary N) is 1. The van der Waals surface area contributed by atoms with Gasteiger partial charge in [0.1, 0.15) is 17.5 Å². The largest absolute Gasteiger partial charge is 0.368 e. The van der Waals surface area contributed by atoms with Crippen LogP contribution >= 0.6 is 0 Å². The molecular weight excluding hydrogens is 362 g/mol. The molecule has 0 aliphatic heterocycles. The second-order valence-corrected chi connectivity index (χ2v) is 7.11. The lowest BCUT2D eigenvalue weighted by Gasteiger charge is -2.25. The normalized spacial score (nSPS) is 11.3. The number of hydrogen-bond acceptors (Lipinski definition) is 4. The van der Waals surface area contributed by atoms with E-state index in [0.717, 1.165) is 5.56 Å². The molecular formula is C21H20F2N4O. The Morgan fingerprint density at radius 2 is 1.75 bits per heavy atom. The standard InChI is InChI=1S/C21H20F2N4O/c1-21(2,14-4-6-15(22)7-5-14)12-25-19-10-9-18(26-27-19)16-11-13(20(24)28)3-8-17(16)23/h3-11H,12H2,1-2H3,(H2,24,28)(H,25,27). The summed E-state index contributed by atoms with van der Waals surface area (Å²) in [6, 6.07) is 13.5. The number of nitrogens with zero attached hydrogens (tertiary/aromatic N) is 2. The van der Waals surface area contributed by atoms with Crippen LogP contribution in [0.15, 0.2) is 54.6 Å². The van der Waals surface area contributed by atoms with Gasteiger partial charge >= 0.3 is 0 Å². The third kappa shape index (κ3) is 4.31. The Kier molecular flexibility index (Phi) is 5.35. The van der Waals surface area contributed by atoms with Gasteiger partial charge in [-0.25, -0.2) is 8.78 Å². The average Bonchev–Trinajstić information content (AvgIpc) is 2.67. The molecule has 0 radical (unpaired) electrons. The molecule has 2 aromatic carbocycles. The first kappa shape index (κ1) is 19.4. The van der Waals surface area contributed by atoms with Crippen molar-refractivity contribution in [2.24, 2.45) is 5.73 Å². The quantitative estimate of drug-likeness (QED) is 0.677. The summed E-state index contributed by atoms with van der Waals surface area (Å²) in [4.78, 5) is 11.3. The van der Waals surface area contributed by atoms with Gasteiger partial charge in [0.05, 0.1) is 5.69 Å². The van der Waals surface area contributed by atoms with Crippen LogP contribution in [0.3, 0.4) is 0 Å². The molecule has 5 nitrogen and oxygen atoms in total. The van der Waals surface area contributed by atoms with E-state index in [1.807, 2.05) is 13.8 Å². The average molecular weight is 382 g/mol. The molecule has 0 aliphatic rings. The molecule has 0 saturated heterocycles. The maximum atomic E-state index is 14.1. The first-order chi connectivity index (χ1) is 13.3. The van der Waals surface area contributed by atoms with Crippen LogP contribution in [0.5, 0.6) is 0 Å². The van der Waals surface area contributed by atoms with Crippen molar-refractivity contribution in [1.82, 2.24) is 10.2 Å². The van der Waals surface area contributed by atoms with E-state index >= 15 is 0 Å². The summed E-state index contributed by atoms with van der Waals surface area (Å²) in [5.41, 5.74) is 6.60. The summed E-state index contributed by atoms with van der Waals surface area (Å²) >= 11 is 0. The summed E-state index contributed by atoms with van der Waals surface area (Å²) in [7, 11) is 0. The molecule has 7 heteroatoms. The minimum atomic E-state index is -0.643. The van der Waals surface area contributed by atoms with Gasteiger partial charge in [-0.15, -0.1) is 10.2 Å². The van der Waals surface area contributed by atoms with Crippen LogP contribution in [0.1, 0.15) is 29.8 Å². The van der Waals surface area contributed by atoms with Gasteiger partial charge in [-0.05, 0) is 48.0 Å². The van der Waals surface area contributed by atoms with Crippen LogP contribution in [-0.4, -0.2) is 22.6 Å². The van der Waals surface area contributed by atoms with Crippen molar-refractivity contribution in [2.75, 3.05) is 11.9 Å². The van der Waals surface area contributed by atoms with Crippen molar-refractivity contribution in [3.63, 3.8) is 0 Å². The highest BCUT2D eigenvalue weighted by molar-refractivity contribution is 5.94. The summed E-state index contributed by atoms with van der Waals surface area (Å²) in [5.74, 6) is -0.917. The molecule has 144 valence electrons. The molecule has 0 bridgehead atoms. The van der Waals surface area contributed by atoms with E-state index in [4.69, 9.17) is 5.73 Å². The highest BCUT2D eigenvalue weighted by Gasteiger charge is 2.20. The van der Waals surface area contributed by atoms with E-state index in [-0.39, 0.29) is 22.4 Å². The molecule has 0 saturated carbocycles. The predicted octanol–water partition coefficient (Wildman–Crippen LogP) is 3.91. The van der Waals surface area contributed by atoms with Crippen LogP contribution in [0.25, 0.3) is 11.3 Å². The Hall–Kier alpha value is -3.35. The van der Waals surface area contributed by atoms with Gasteiger partial charge in [0.2, 0.25) is 5.91 Å². The first-order valence-electron chi connectivity index (χ1n) is 8.70. The van der Waals surface area contributed by atoms with Crippen LogP contribution in [0, 0.1) is 11.6 Å². The third-order valence-corrected chi connectivity index (χ3v) is 4.53. The van der Waals surface area contributed by atoms with Crippen molar-refractivity contribution in [3.8, 4) is 11.3 Å². The fourth-order valence-electron chi connectivity index (χ4n) is 2.76. The van der Waals surface area contributed by atoms with E-state index in [2.05, 4.69) is 15.5 Å². The van der Waals surface area contributed by atoms with Gasteiger partial charge in [0.25, 0.3) is 0 Å². The topological polar surface area (TPSA) is 80.9 Å². The van der Waals surface area contributed by atoms with Crippen LogP contribution < -0.4 is 11.1 Å². The molecule has 1 amide bonds.